The van der Waals surface area contributed by atoms with E-state index in [0.717, 1.165) is 11.4 Å². The molecular weight excluding hydrogens is 240 g/mol. The van der Waals surface area contributed by atoms with Gasteiger partial charge in [-0.25, -0.2) is 4.68 Å². The zero-order chi connectivity index (χ0) is 13.2. The summed E-state index contributed by atoms with van der Waals surface area (Å²) in [6.07, 6.45) is 3.55. The van der Waals surface area contributed by atoms with Gasteiger partial charge in [0.1, 0.15) is 6.54 Å². The number of para-hydroxylation sites is 1. The zero-order valence-electron chi connectivity index (χ0n) is 10.2. The third-order valence-corrected chi connectivity index (χ3v) is 3.11. The van der Waals surface area contributed by atoms with Crippen molar-refractivity contribution in [1.29, 1.82) is 5.26 Å². The minimum atomic E-state index is -0.0611. The van der Waals surface area contributed by atoms with Crippen LogP contribution in [0.1, 0.15) is 11.3 Å². The van der Waals surface area contributed by atoms with Crippen LogP contribution in [0, 0.1) is 11.3 Å². The van der Waals surface area contributed by atoms with E-state index < -0.39 is 0 Å². The van der Waals surface area contributed by atoms with Crippen molar-refractivity contribution in [3.8, 4) is 11.8 Å². The van der Waals surface area contributed by atoms with Crippen LogP contribution in [0.15, 0.2) is 41.3 Å². The van der Waals surface area contributed by atoms with Gasteiger partial charge in [-0.2, -0.15) is 5.26 Å². The van der Waals surface area contributed by atoms with Gasteiger partial charge in [-0.15, -0.1) is 0 Å². The van der Waals surface area contributed by atoms with Crippen LogP contribution in [0.25, 0.3) is 11.8 Å². The van der Waals surface area contributed by atoms with E-state index in [-0.39, 0.29) is 5.56 Å². The molecule has 1 aromatic carbocycles. The van der Waals surface area contributed by atoms with Crippen LogP contribution < -0.4 is 5.56 Å². The van der Waals surface area contributed by atoms with Gasteiger partial charge in [0, 0.05) is 6.20 Å². The molecule has 0 fully saturated rings. The van der Waals surface area contributed by atoms with Gasteiger partial charge in [0.15, 0.2) is 0 Å². The van der Waals surface area contributed by atoms with Gasteiger partial charge in [-0.05, 0) is 18.2 Å². The monoisotopic (exact) mass is 252 g/mol. The molecule has 0 radical (unpaired) electrons. The summed E-state index contributed by atoms with van der Waals surface area (Å²) in [6, 6.07) is 11.5. The van der Waals surface area contributed by atoms with Gasteiger partial charge in [0.05, 0.1) is 29.6 Å². The van der Waals surface area contributed by atoms with E-state index in [1.54, 1.807) is 12.3 Å². The van der Waals surface area contributed by atoms with Crippen molar-refractivity contribution in [3.63, 3.8) is 0 Å². The number of fused-ring (bicyclic) bond motifs is 1. The second kappa shape index (κ2) is 4.50. The molecule has 0 saturated heterocycles. The second-order valence-electron chi connectivity index (χ2n) is 4.36. The number of aromatic nitrogens is 2. The molecule has 1 aliphatic heterocycles. The molecule has 5 nitrogen and oxygen atoms in total. The molecule has 2 heterocycles. The van der Waals surface area contributed by atoms with E-state index in [2.05, 4.69) is 11.2 Å². The normalized spacial score (nSPS) is 13.1. The predicted octanol–water partition coefficient (Wildman–Crippen LogP) is 1.48. The second-order valence-corrected chi connectivity index (χ2v) is 4.36. The number of nitriles is 1. The quantitative estimate of drug-likeness (QED) is 0.823. The van der Waals surface area contributed by atoms with Crippen molar-refractivity contribution in [2.24, 2.45) is 0 Å². The van der Waals surface area contributed by atoms with Gasteiger partial charge in [-0.1, -0.05) is 18.2 Å². The molecule has 5 heteroatoms. The van der Waals surface area contributed by atoms with Gasteiger partial charge < -0.3 is 4.90 Å². The van der Waals surface area contributed by atoms with Gasteiger partial charge >= 0.3 is 0 Å². The van der Waals surface area contributed by atoms with Crippen LogP contribution in [0.4, 0.5) is 0 Å². The van der Waals surface area contributed by atoms with E-state index in [1.807, 2.05) is 35.2 Å². The lowest BCUT2D eigenvalue weighted by molar-refractivity contribution is 0.404. The number of aromatic amines is 1. The maximum Gasteiger partial charge on any atom is 0.278 e. The first kappa shape index (κ1) is 11.4. The summed E-state index contributed by atoms with van der Waals surface area (Å²) in [5, 5.41) is 11.8. The summed E-state index contributed by atoms with van der Waals surface area (Å²) in [5.41, 5.74) is 2.25. The van der Waals surface area contributed by atoms with Crippen LogP contribution in [-0.4, -0.2) is 21.2 Å². The van der Waals surface area contributed by atoms with Crippen molar-refractivity contribution in [3.05, 3.63) is 58.1 Å². The maximum atomic E-state index is 12.3. The summed E-state index contributed by atoms with van der Waals surface area (Å²) in [4.78, 5) is 14.1. The minimum absolute atomic E-state index is 0.0611. The molecule has 94 valence electrons. The largest absolute Gasteiger partial charge is 0.358 e. The van der Waals surface area contributed by atoms with Crippen molar-refractivity contribution < 1.29 is 0 Å². The van der Waals surface area contributed by atoms with Crippen molar-refractivity contribution >= 4 is 6.08 Å². The molecule has 1 aromatic heterocycles. The molecule has 0 saturated carbocycles. The molecule has 0 aliphatic carbocycles. The number of H-pyrrole nitrogens is 1. The molecule has 1 aliphatic rings. The Kier molecular flexibility index (Phi) is 2.69. The molecular formula is C14H12N4O. The third kappa shape index (κ3) is 1.93. The Labute approximate surface area is 110 Å². The number of nitrogens with one attached hydrogen (secondary N) is 1. The SMILES string of the molecule is N#CCN1C=Cc2c([nH]n(-c3ccccc3)c2=O)C1. The highest BCUT2D eigenvalue weighted by atomic mass is 16.1. The molecule has 0 bridgehead atoms. The molecule has 1 N–H and O–H groups in total. The lowest BCUT2D eigenvalue weighted by Gasteiger charge is -2.19. The topological polar surface area (TPSA) is 64.8 Å². The summed E-state index contributed by atoms with van der Waals surface area (Å²) in [5.74, 6) is 0. The van der Waals surface area contributed by atoms with Crippen LogP contribution in [0.2, 0.25) is 0 Å². The Morgan fingerprint density at radius 1 is 1.32 bits per heavy atom. The molecule has 0 spiro atoms. The summed E-state index contributed by atoms with van der Waals surface area (Å²) in [7, 11) is 0. The lowest BCUT2D eigenvalue weighted by Crippen LogP contribution is -2.21. The zero-order valence-corrected chi connectivity index (χ0v) is 10.2. The van der Waals surface area contributed by atoms with Crippen molar-refractivity contribution in [2.75, 3.05) is 6.54 Å². The molecule has 3 rings (SSSR count). The highest BCUT2D eigenvalue weighted by Crippen LogP contribution is 2.16. The fourth-order valence-electron chi connectivity index (χ4n) is 2.18. The predicted molar refractivity (Wildman–Crippen MR) is 71.4 cm³/mol. The Morgan fingerprint density at radius 3 is 2.84 bits per heavy atom. The van der Waals surface area contributed by atoms with Crippen LogP contribution >= 0.6 is 0 Å². The molecule has 19 heavy (non-hydrogen) atoms. The summed E-state index contributed by atoms with van der Waals surface area (Å²) in [6.45, 7) is 0.864. The number of hydrogen-bond acceptors (Lipinski definition) is 3. The van der Waals surface area contributed by atoms with E-state index in [0.29, 0.717) is 18.7 Å². The Balaban J connectivity index is 2.03. The molecule has 2 aromatic rings. The summed E-state index contributed by atoms with van der Waals surface area (Å²) < 4.78 is 1.53. The average molecular weight is 252 g/mol. The van der Waals surface area contributed by atoms with Crippen LogP contribution in [0.5, 0.6) is 0 Å². The van der Waals surface area contributed by atoms with E-state index in [4.69, 9.17) is 5.26 Å². The highest BCUT2D eigenvalue weighted by Gasteiger charge is 2.18. The van der Waals surface area contributed by atoms with Gasteiger partial charge in [0.2, 0.25) is 0 Å². The van der Waals surface area contributed by atoms with Crippen molar-refractivity contribution in [1.82, 2.24) is 14.7 Å². The fourth-order valence-corrected chi connectivity index (χ4v) is 2.18. The molecule has 0 atom stereocenters. The first-order chi connectivity index (χ1) is 9.29. The van der Waals surface area contributed by atoms with Crippen molar-refractivity contribution in [2.45, 2.75) is 6.54 Å². The smallest absolute Gasteiger partial charge is 0.278 e. The summed E-state index contributed by atoms with van der Waals surface area (Å²) >= 11 is 0. The van der Waals surface area contributed by atoms with E-state index in [9.17, 15) is 4.79 Å². The number of nitrogens with zero attached hydrogens (tertiary/aromatic N) is 3. The van der Waals surface area contributed by atoms with Gasteiger partial charge in [0.25, 0.3) is 5.56 Å². The number of rotatable bonds is 2. The standard InChI is InChI=1S/C14H12N4O/c15-7-9-17-8-6-12-13(10-17)16-18(14(12)19)11-4-2-1-3-5-11/h1-6,8,16H,9-10H2. The Bertz CT molecular complexity index is 718. The minimum Gasteiger partial charge on any atom is -0.358 e. The average Bonchev–Trinajstić information content (AvgIpc) is 2.77. The third-order valence-electron chi connectivity index (χ3n) is 3.11. The van der Waals surface area contributed by atoms with E-state index >= 15 is 0 Å². The first-order valence-corrected chi connectivity index (χ1v) is 5.98. The lowest BCUT2D eigenvalue weighted by atomic mass is 10.2. The van der Waals surface area contributed by atoms with Gasteiger partial charge in [-0.3, -0.25) is 9.89 Å². The first-order valence-electron chi connectivity index (χ1n) is 5.98. The maximum absolute atomic E-state index is 12.3. The number of hydrogen-bond donors (Lipinski definition) is 1. The molecule has 0 unspecified atom stereocenters. The van der Waals surface area contributed by atoms with Crippen LogP contribution in [0.3, 0.4) is 0 Å². The van der Waals surface area contributed by atoms with Crippen LogP contribution in [-0.2, 0) is 6.54 Å². The fraction of sp³-hybridized carbons (Fsp3) is 0.143. The highest BCUT2D eigenvalue weighted by molar-refractivity contribution is 5.54. The molecule has 0 amide bonds. The Hall–Kier alpha value is -2.74. The number of benzene rings is 1. The van der Waals surface area contributed by atoms with E-state index in [1.165, 1.54) is 4.68 Å². The Morgan fingerprint density at radius 2 is 2.11 bits per heavy atom.